The van der Waals surface area contributed by atoms with Crippen LogP contribution in [0.3, 0.4) is 0 Å². The molecule has 1 aromatic heterocycles. The van der Waals surface area contributed by atoms with Crippen molar-refractivity contribution < 1.29 is 4.79 Å². The predicted octanol–water partition coefficient (Wildman–Crippen LogP) is 3.30. The summed E-state index contributed by atoms with van der Waals surface area (Å²) in [4.78, 5) is 14.7. The first kappa shape index (κ1) is 15.6. The van der Waals surface area contributed by atoms with E-state index in [0.717, 1.165) is 36.8 Å². The van der Waals surface area contributed by atoms with Crippen LogP contribution in [-0.2, 0) is 0 Å². The van der Waals surface area contributed by atoms with Crippen LogP contribution in [0.15, 0.2) is 0 Å². The molecular weight excluding hydrogens is 314 g/mol. The van der Waals surface area contributed by atoms with Crippen LogP contribution in [0.2, 0.25) is 0 Å². The molecule has 0 radical (unpaired) electrons. The van der Waals surface area contributed by atoms with Gasteiger partial charge in [0.25, 0.3) is 5.91 Å². The van der Waals surface area contributed by atoms with Crippen molar-refractivity contribution in [3.63, 3.8) is 0 Å². The summed E-state index contributed by atoms with van der Waals surface area (Å²) in [6.07, 6.45) is 3.33. The van der Waals surface area contributed by atoms with Crippen molar-refractivity contribution >= 4 is 33.4 Å². The van der Waals surface area contributed by atoms with Crippen LogP contribution in [0, 0.1) is 0 Å². The third-order valence-corrected chi connectivity index (χ3v) is 4.02. The van der Waals surface area contributed by atoms with E-state index < -0.39 is 0 Å². The fraction of sp³-hybridized carbons (Fsp3) is 0.750. The number of halogens is 1. The van der Waals surface area contributed by atoms with E-state index in [9.17, 15) is 4.79 Å². The van der Waals surface area contributed by atoms with E-state index in [1.165, 1.54) is 11.5 Å². The molecule has 1 aromatic rings. The largest absolute Gasteiger partial charge is 0.341 e. The topological polar surface area (TPSA) is 46.1 Å². The Morgan fingerprint density at radius 2 is 2.11 bits per heavy atom. The zero-order valence-electron chi connectivity index (χ0n) is 11.1. The summed E-state index contributed by atoms with van der Waals surface area (Å²) in [6, 6.07) is 0. The Labute approximate surface area is 121 Å². The van der Waals surface area contributed by atoms with Gasteiger partial charge in [-0.15, -0.1) is 5.10 Å². The summed E-state index contributed by atoms with van der Waals surface area (Å²) in [6.45, 7) is 4.86. The van der Waals surface area contributed by atoms with Crippen LogP contribution < -0.4 is 0 Å². The second-order valence-corrected chi connectivity index (χ2v) is 6.17. The SMILES string of the molecule is CC(C)c1nnsc1C(=O)N(C)CCCCCBr. The molecule has 0 fully saturated rings. The maximum atomic E-state index is 12.2. The van der Waals surface area contributed by atoms with Crippen molar-refractivity contribution in [3.05, 3.63) is 10.6 Å². The lowest BCUT2D eigenvalue weighted by Crippen LogP contribution is -2.28. The summed E-state index contributed by atoms with van der Waals surface area (Å²) >= 11 is 4.61. The Hall–Kier alpha value is -0.490. The Bertz CT molecular complexity index is 381. The Balaban J connectivity index is 2.55. The van der Waals surface area contributed by atoms with Gasteiger partial charge in [0.15, 0.2) is 0 Å². The molecule has 1 rings (SSSR count). The van der Waals surface area contributed by atoms with Crippen molar-refractivity contribution in [2.75, 3.05) is 18.9 Å². The van der Waals surface area contributed by atoms with E-state index in [-0.39, 0.29) is 11.8 Å². The molecule has 0 bridgehead atoms. The molecule has 0 atom stereocenters. The van der Waals surface area contributed by atoms with Crippen molar-refractivity contribution in [2.45, 2.75) is 39.0 Å². The molecule has 4 nitrogen and oxygen atoms in total. The van der Waals surface area contributed by atoms with Gasteiger partial charge in [-0.2, -0.15) is 0 Å². The molecule has 0 saturated carbocycles. The number of aromatic nitrogens is 2. The summed E-state index contributed by atoms with van der Waals surface area (Å²) in [5.41, 5.74) is 0.817. The van der Waals surface area contributed by atoms with Gasteiger partial charge in [0, 0.05) is 18.9 Å². The molecule has 6 heteroatoms. The summed E-state index contributed by atoms with van der Waals surface area (Å²) in [5.74, 6) is 0.289. The molecule has 0 unspecified atom stereocenters. The van der Waals surface area contributed by atoms with E-state index in [1.807, 2.05) is 20.9 Å². The Morgan fingerprint density at radius 1 is 1.39 bits per heavy atom. The number of amides is 1. The standard InChI is InChI=1S/C12H20BrN3OS/c1-9(2)10-11(18-15-14-10)12(17)16(3)8-6-4-5-7-13/h9H,4-8H2,1-3H3. The molecule has 0 aliphatic heterocycles. The normalized spacial score (nSPS) is 10.9. The van der Waals surface area contributed by atoms with Gasteiger partial charge in [0.1, 0.15) is 4.88 Å². The highest BCUT2D eigenvalue weighted by atomic mass is 79.9. The first-order valence-corrected chi connectivity index (χ1v) is 8.11. The van der Waals surface area contributed by atoms with Crippen LogP contribution in [-0.4, -0.2) is 39.3 Å². The predicted molar refractivity (Wildman–Crippen MR) is 78.6 cm³/mol. The molecule has 0 N–H and O–H groups in total. The van der Waals surface area contributed by atoms with Crippen LogP contribution >= 0.6 is 27.5 Å². The molecule has 0 saturated heterocycles. The number of unbranched alkanes of at least 4 members (excludes halogenated alkanes) is 2. The van der Waals surface area contributed by atoms with Gasteiger partial charge in [-0.25, -0.2) is 0 Å². The first-order valence-electron chi connectivity index (χ1n) is 6.21. The van der Waals surface area contributed by atoms with E-state index in [2.05, 4.69) is 25.5 Å². The van der Waals surface area contributed by atoms with Crippen molar-refractivity contribution in [2.24, 2.45) is 0 Å². The highest BCUT2D eigenvalue weighted by Crippen LogP contribution is 2.21. The monoisotopic (exact) mass is 333 g/mol. The van der Waals surface area contributed by atoms with Gasteiger partial charge >= 0.3 is 0 Å². The minimum absolute atomic E-state index is 0.0487. The molecular formula is C12H20BrN3OS. The molecule has 0 aliphatic carbocycles. The van der Waals surface area contributed by atoms with Gasteiger partial charge in [0.05, 0.1) is 5.69 Å². The average molecular weight is 334 g/mol. The number of carbonyl (C=O) groups is 1. The van der Waals surface area contributed by atoms with Gasteiger partial charge < -0.3 is 4.90 Å². The van der Waals surface area contributed by atoms with Crippen LogP contribution in [0.5, 0.6) is 0 Å². The second-order valence-electron chi connectivity index (χ2n) is 4.62. The molecule has 0 aromatic carbocycles. The molecule has 18 heavy (non-hydrogen) atoms. The van der Waals surface area contributed by atoms with Gasteiger partial charge in [-0.1, -0.05) is 40.7 Å². The fourth-order valence-corrected chi connectivity index (χ4v) is 2.83. The zero-order valence-corrected chi connectivity index (χ0v) is 13.6. The lowest BCUT2D eigenvalue weighted by molar-refractivity contribution is 0.0796. The maximum Gasteiger partial charge on any atom is 0.267 e. The highest BCUT2D eigenvalue weighted by Gasteiger charge is 2.21. The minimum atomic E-state index is 0.0487. The summed E-state index contributed by atoms with van der Waals surface area (Å²) < 4.78 is 3.89. The minimum Gasteiger partial charge on any atom is -0.341 e. The summed E-state index contributed by atoms with van der Waals surface area (Å²) in [7, 11) is 1.85. The quantitative estimate of drug-likeness (QED) is 0.568. The van der Waals surface area contributed by atoms with Gasteiger partial charge in [0.2, 0.25) is 0 Å². The lowest BCUT2D eigenvalue weighted by atomic mass is 10.1. The van der Waals surface area contributed by atoms with Gasteiger partial charge in [-0.05, 0) is 30.3 Å². The third-order valence-electron chi connectivity index (χ3n) is 2.73. The van der Waals surface area contributed by atoms with Crippen molar-refractivity contribution in [3.8, 4) is 0 Å². The van der Waals surface area contributed by atoms with E-state index >= 15 is 0 Å². The van der Waals surface area contributed by atoms with Crippen molar-refractivity contribution in [1.29, 1.82) is 0 Å². The molecule has 0 spiro atoms. The fourth-order valence-electron chi connectivity index (χ4n) is 1.62. The number of hydrogen-bond acceptors (Lipinski definition) is 4. The number of rotatable bonds is 7. The Morgan fingerprint density at radius 3 is 2.72 bits per heavy atom. The number of hydrogen-bond donors (Lipinski definition) is 0. The van der Waals surface area contributed by atoms with Crippen LogP contribution in [0.4, 0.5) is 0 Å². The Kier molecular flexibility index (Phi) is 6.78. The number of alkyl halides is 1. The zero-order chi connectivity index (χ0) is 13.5. The number of carbonyl (C=O) groups excluding carboxylic acids is 1. The van der Waals surface area contributed by atoms with E-state index in [4.69, 9.17) is 0 Å². The van der Waals surface area contributed by atoms with E-state index in [0.29, 0.717) is 4.88 Å². The second kappa shape index (κ2) is 7.84. The molecule has 1 amide bonds. The summed E-state index contributed by atoms with van der Waals surface area (Å²) in [5, 5.41) is 5.07. The number of nitrogens with zero attached hydrogens (tertiary/aromatic N) is 3. The third kappa shape index (κ3) is 4.31. The van der Waals surface area contributed by atoms with Crippen molar-refractivity contribution in [1.82, 2.24) is 14.5 Å². The average Bonchev–Trinajstić information content (AvgIpc) is 2.82. The van der Waals surface area contributed by atoms with Crippen LogP contribution in [0.1, 0.15) is 54.4 Å². The van der Waals surface area contributed by atoms with Gasteiger partial charge in [-0.3, -0.25) is 4.79 Å². The first-order chi connectivity index (χ1) is 8.57. The van der Waals surface area contributed by atoms with Crippen LogP contribution in [0.25, 0.3) is 0 Å². The maximum absolute atomic E-state index is 12.2. The molecule has 1 heterocycles. The molecule has 0 aliphatic rings. The molecule has 102 valence electrons. The highest BCUT2D eigenvalue weighted by molar-refractivity contribution is 9.09. The lowest BCUT2D eigenvalue weighted by Gasteiger charge is -2.16. The smallest absolute Gasteiger partial charge is 0.267 e. The van der Waals surface area contributed by atoms with E-state index in [1.54, 1.807) is 4.90 Å².